The van der Waals surface area contributed by atoms with E-state index in [1.54, 1.807) is 0 Å². The van der Waals surface area contributed by atoms with Gasteiger partial charge in [-0.05, 0) is 31.6 Å². The Kier molecular flexibility index (Phi) is 3.35. The first-order valence-electron chi connectivity index (χ1n) is 4.71. The summed E-state index contributed by atoms with van der Waals surface area (Å²) in [5, 5.41) is 0. The lowest BCUT2D eigenvalue weighted by molar-refractivity contribution is 0.353. The Morgan fingerprint density at radius 1 is 1.58 bits per heavy atom. The monoisotopic (exact) mass is 185 g/mol. The Morgan fingerprint density at radius 2 is 2.33 bits per heavy atom. The molecule has 0 spiro atoms. The largest absolute Gasteiger partial charge is 0.402 e. The molecule has 0 bridgehead atoms. The van der Waals surface area contributed by atoms with Crippen molar-refractivity contribution in [1.82, 2.24) is 4.57 Å². The maximum absolute atomic E-state index is 5.62. The fourth-order valence-corrected chi connectivity index (χ4v) is 4.23. The summed E-state index contributed by atoms with van der Waals surface area (Å²) >= 11 is 0. The summed E-state index contributed by atoms with van der Waals surface area (Å²) in [4.78, 5) is 0. The van der Waals surface area contributed by atoms with Gasteiger partial charge in [0, 0.05) is 13.7 Å². The van der Waals surface area contributed by atoms with Gasteiger partial charge in [0.25, 0.3) is 8.48 Å². The van der Waals surface area contributed by atoms with Crippen LogP contribution in [0.3, 0.4) is 0 Å². The maximum Gasteiger partial charge on any atom is 0.296 e. The highest BCUT2D eigenvalue weighted by molar-refractivity contribution is 6.70. The van der Waals surface area contributed by atoms with Gasteiger partial charge in [-0.15, -0.1) is 0 Å². The number of hydrogen-bond donors (Lipinski definition) is 0. The van der Waals surface area contributed by atoms with Crippen LogP contribution in [0.2, 0.25) is 12.6 Å². The lowest BCUT2D eigenvalue weighted by atomic mass is 10.4. The topological polar surface area (TPSA) is 12.5 Å². The van der Waals surface area contributed by atoms with Crippen LogP contribution in [0.1, 0.15) is 19.8 Å². The fourth-order valence-electron chi connectivity index (χ4n) is 1.64. The van der Waals surface area contributed by atoms with Crippen LogP contribution in [-0.2, 0) is 4.43 Å². The Morgan fingerprint density at radius 3 is 2.92 bits per heavy atom. The predicted octanol–water partition coefficient (Wildman–Crippen LogP) is 2.33. The average molecular weight is 185 g/mol. The normalized spacial score (nSPS) is 30.4. The van der Waals surface area contributed by atoms with Crippen molar-refractivity contribution in [2.75, 3.05) is 13.7 Å². The van der Waals surface area contributed by atoms with E-state index < -0.39 is 8.48 Å². The highest BCUT2D eigenvalue weighted by Gasteiger charge is 2.38. The molecule has 12 heavy (non-hydrogen) atoms. The molecule has 1 aliphatic rings. The summed E-state index contributed by atoms with van der Waals surface area (Å²) in [5.74, 6) is 0. The van der Waals surface area contributed by atoms with Crippen molar-refractivity contribution < 1.29 is 4.43 Å². The predicted molar refractivity (Wildman–Crippen MR) is 54.2 cm³/mol. The lowest BCUT2D eigenvalue weighted by Gasteiger charge is -2.29. The fraction of sp³-hybridized carbons (Fsp3) is 0.778. The molecule has 3 heteroatoms. The minimum Gasteiger partial charge on any atom is -0.402 e. The molecule has 1 fully saturated rings. The van der Waals surface area contributed by atoms with Gasteiger partial charge in [0.1, 0.15) is 0 Å². The molecule has 1 unspecified atom stereocenters. The number of rotatable bonds is 3. The third-order valence-corrected chi connectivity index (χ3v) is 6.36. The van der Waals surface area contributed by atoms with E-state index in [0.29, 0.717) is 0 Å². The molecule has 1 heterocycles. The smallest absolute Gasteiger partial charge is 0.296 e. The van der Waals surface area contributed by atoms with Gasteiger partial charge in [0.2, 0.25) is 0 Å². The van der Waals surface area contributed by atoms with Crippen molar-refractivity contribution in [3.8, 4) is 0 Å². The van der Waals surface area contributed by atoms with Crippen molar-refractivity contribution in [3.05, 3.63) is 12.3 Å². The molecule has 2 nitrogen and oxygen atoms in total. The van der Waals surface area contributed by atoms with E-state index in [1.807, 2.05) is 7.11 Å². The van der Waals surface area contributed by atoms with Crippen LogP contribution in [0.4, 0.5) is 0 Å². The van der Waals surface area contributed by atoms with Crippen LogP contribution in [0.5, 0.6) is 0 Å². The molecule has 0 aromatic rings. The van der Waals surface area contributed by atoms with E-state index in [0.717, 1.165) is 6.42 Å². The SMILES string of the molecule is CCC=CN1CCC[Si]1(C)OC. The van der Waals surface area contributed by atoms with Gasteiger partial charge in [-0.2, -0.15) is 0 Å². The summed E-state index contributed by atoms with van der Waals surface area (Å²) < 4.78 is 8.05. The zero-order valence-corrected chi connectivity index (χ0v) is 9.34. The van der Waals surface area contributed by atoms with Gasteiger partial charge in [0.15, 0.2) is 0 Å². The average Bonchev–Trinajstić information content (AvgIpc) is 2.45. The van der Waals surface area contributed by atoms with Crippen molar-refractivity contribution in [2.24, 2.45) is 0 Å². The van der Waals surface area contributed by atoms with Crippen LogP contribution in [0.15, 0.2) is 12.3 Å². The minimum atomic E-state index is -1.48. The van der Waals surface area contributed by atoms with E-state index >= 15 is 0 Å². The van der Waals surface area contributed by atoms with Crippen LogP contribution in [0.25, 0.3) is 0 Å². The molecule has 1 atom stereocenters. The molecule has 0 aromatic carbocycles. The molecule has 1 saturated heterocycles. The van der Waals surface area contributed by atoms with Crippen LogP contribution >= 0.6 is 0 Å². The second-order valence-electron chi connectivity index (χ2n) is 3.47. The molecule has 0 N–H and O–H groups in total. The van der Waals surface area contributed by atoms with Crippen molar-refractivity contribution in [2.45, 2.75) is 32.4 Å². The Hall–Kier alpha value is -0.283. The Bertz CT molecular complexity index is 172. The number of hydrogen-bond acceptors (Lipinski definition) is 2. The first-order valence-corrected chi connectivity index (χ1v) is 7.28. The van der Waals surface area contributed by atoms with E-state index in [9.17, 15) is 0 Å². The highest BCUT2D eigenvalue weighted by Crippen LogP contribution is 2.26. The molecule has 0 amide bonds. The third kappa shape index (κ3) is 1.90. The molecule has 0 saturated carbocycles. The second-order valence-corrected chi connectivity index (χ2v) is 7.30. The second kappa shape index (κ2) is 4.10. The lowest BCUT2D eigenvalue weighted by Crippen LogP contribution is -2.44. The molecule has 70 valence electrons. The van der Waals surface area contributed by atoms with E-state index in [2.05, 4.69) is 30.3 Å². The van der Waals surface area contributed by atoms with E-state index in [4.69, 9.17) is 4.43 Å². The van der Waals surface area contributed by atoms with Gasteiger partial charge in [-0.3, -0.25) is 0 Å². The summed E-state index contributed by atoms with van der Waals surface area (Å²) in [6.07, 6.45) is 6.85. The molecule has 0 aromatic heterocycles. The molecule has 0 radical (unpaired) electrons. The Balaban J connectivity index is 2.57. The zero-order chi connectivity index (χ0) is 9.03. The van der Waals surface area contributed by atoms with Gasteiger partial charge < -0.3 is 8.99 Å². The van der Waals surface area contributed by atoms with Gasteiger partial charge in [-0.25, -0.2) is 0 Å². The first kappa shape index (κ1) is 9.80. The standard InChI is InChI=1S/C9H19NOSi/c1-4-5-7-10-8-6-9-12(10,3)11-2/h5,7H,4,6,8-9H2,1-3H3. The molecular weight excluding hydrogens is 166 g/mol. The van der Waals surface area contributed by atoms with Crippen molar-refractivity contribution >= 4 is 8.48 Å². The number of nitrogens with zero attached hydrogens (tertiary/aromatic N) is 1. The van der Waals surface area contributed by atoms with E-state index in [-0.39, 0.29) is 0 Å². The summed E-state index contributed by atoms with van der Waals surface area (Å²) in [7, 11) is 0.371. The number of allylic oxidation sites excluding steroid dienone is 1. The molecular formula is C9H19NOSi. The van der Waals surface area contributed by atoms with Crippen LogP contribution < -0.4 is 0 Å². The minimum absolute atomic E-state index is 1.12. The Labute approximate surface area is 76.4 Å². The van der Waals surface area contributed by atoms with Crippen LogP contribution in [0, 0.1) is 0 Å². The van der Waals surface area contributed by atoms with Crippen molar-refractivity contribution in [1.29, 1.82) is 0 Å². The zero-order valence-electron chi connectivity index (χ0n) is 8.34. The molecule has 1 rings (SSSR count). The van der Waals surface area contributed by atoms with Gasteiger partial charge >= 0.3 is 0 Å². The van der Waals surface area contributed by atoms with Crippen molar-refractivity contribution in [3.63, 3.8) is 0 Å². The first-order chi connectivity index (χ1) is 5.73. The highest BCUT2D eigenvalue weighted by atomic mass is 28.4. The van der Waals surface area contributed by atoms with Crippen LogP contribution in [-0.4, -0.2) is 26.7 Å². The summed E-state index contributed by atoms with van der Waals surface area (Å²) in [5.41, 5.74) is 0. The van der Waals surface area contributed by atoms with E-state index in [1.165, 1.54) is 19.0 Å². The molecule has 0 aliphatic carbocycles. The molecule has 1 aliphatic heterocycles. The summed E-state index contributed by atoms with van der Waals surface area (Å²) in [6.45, 7) is 5.64. The quantitative estimate of drug-likeness (QED) is 0.626. The maximum atomic E-state index is 5.62. The third-order valence-electron chi connectivity index (χ3n) is 2.61. The van der Waals surface area contributed by atoms with Gasteiger partial charge in [-0.1, -0.05) is 13.0 Å². The summed E-state index contributed by atoms with van der Waals surface area (Å²) in [6, 6.07) is 1.28. The van der Waals surface area contributed by atoms with Gasteiger partial charge in [0.05, 0.1) is 0 Å².